The summed E-state index contributed by atoms with van der Waals surface area (Å²) in [5.41, 5.74) is 1.99. The molecule has 0 radical (unpaired) electrons. The van der Waals surface area contributed by atoms with Gasteiger partial charge in [0.15, 0.2) is 6.20 Å². The van der Waals surface area contributed by atoms with E-state index in [1.54, 1.807) is 12.1 Å². The van der Waals surface area contributed by atoms with E-state index < -0.39 is 0 Å². The summed E-state index contributed by atoms with van der Waals surface area (Å²) >= 11 is 12.0. The van der Waals surface area contributed by atoms with Gasteiger partial charge in [-0.3, -0.25) is 0 Å². The maximum Gasteiger partial charge on any atom is 0.205 e. The van der Waals surface area contributed by atoms with Crippen LogP contribution in [0.5, 0.6) is 0 Å². The van der Waals surface area contributed by atoms with E-state index in [4.69, 9.17) is 27.6 Å². The van der Waals surface area contributed by atoms with E-state index in [0.29, 0.717) is 10.0 Å². The summed E-state index contributed by atoms with van der Waals surface area (Å²) < 4.78 is 7.87. The van der Waals surface area contributed by atoms with Crippen molar-refractivity contribution in [2.24, 2.45) is 7.05 Å². The highest BCUT2D eigenvalue weighted by molar-refractivity contribution is 6.42. The molecule has 2 aromatic heterocycles. The summed E-state index contributed by atoms with van der Waals surface area (Å²) in [6.45, 7) is 0. The first-order chi connectivity index (χ1) is 10.6. The zero-order chi connectivity index (χ0) is 15.5. The fraction of sp³-hybridized carbons (Fsp3) is 0.0556. The molecule has 22 heavy (non-hydrogen) atoms. The molecule has 2 heterocycles. The lowest BCUT2D eigenvalue weighted by molar-refractivity contribution is -0.673. The van der Waals surface area contributed by atoms with Gasteiger partial charge in [-0.1, -0.05) is 23.2 Å². The van der Waals surface area contributed by atoms with Crippen LogP contribution < -0.4 is 4.57 Å². The van der Waals surface area contributed by atoms with Gasteiger partial charge in [-0.15, -0.1) is 0 Å². The van der Waals surface area contributed by atoms with Crippen LogP contribution in [0.3, 0.4) is 0 Å². The minimum Gasteiger partial charge on any atom is -0.457 e. The zero-order valence-corrected chi connectivity index (χ0v) is 13.5. The fourth-order valence-electron chi connectivity index (χ4n) is 2.12. The first-order valence-corrected chi connectivity index (χ1v) is 7.57. The second-order valence-electron chi connectivity index (χ2n) is 4.90. The number of nitrogens with zero attached hydrogens (tertiary/aromatic N) is 1. The van der Waals surface area contributed by atoms with Gasteiger partial charge < -0.3 is 4.42 Å². The van der Waals surface area contributed by atoms with E-state index in [0.717, 1.165) is 22.8 Å². The summed E-state index contributed by atoms with van der Waals surface area (Å²) in [6, 6.07) is 15.3. The summed E-state index contributed by atoms with van der Waals surface area (Å²) in [4.78, 5) is 0. The number of hydrogen-bond acceptors (Lipinski definition) is 1. The average molecular weight is 331 g/mol. The number of hydrogen-bond donors (Lipinski definition) is 0. The third-order valence-electron chi connectivity index (χ3n) is 3.34. The molecule has 0 amide bonds. The van der Waals surface area contributed by atoms with Crippen LogP contribution in [0, 0.1) is 0 Å². The number of halogens is 2. The lowest BCUT2D eigenvalue weighted by Crippen LogP contribution is -2.30. The first kappa shape index (κ1) is 14.9. The monoisotopic (exact) mass is 330 g/mol. The van der Waals surface area contributed by atoms with Crippen LogP contribution in [-0.2, 0) is 7.05 Å². The average Bonchev–Trinajstić information content (AvgIpc) is 2.98. The van der Waals surface area contributed by atoms with Crippen LogP contribution in [0.15, 0.2) is 59.1 Å². The number of pyridine rings is 1. The van der Waals surface area contributed by atoms with Crippen molar-refractivity contribution in [2.75, 3.05) is 0 Å². The van der Waals surface area contributed by atoms with Crippen molar-refractivity contribution in [2.45, 2.75) is 0 Å². The Labute approximate surface area is 139 Å². The molecule has 3 aromatic rings. The molecule has 0 aliphatic carbocycles. The van der Waals surface area contributed by atoms with Crippen LogP contribution in [0.25, 0.3) is 23.5 Å². The molecule has 3 rings (SSSR count). The highest BCUT2D eigenvalue weighted by Crippen LogP contribution is 2.29. The van der Waals surface area contributed by atoms with Gasteiger partial charge in [-0.05, 0) is 42.5 Å². The molecule has 0 bridgehead atoms. The largest absolute Gasteiger partial charge is 0.457 e. The van der Waals surface area contributed by atoms with Crippen molar-refractivity contribution >= 4 is 35.4 Å². The lowest BCUT2D eigenvalue weighted by Gasteiger charge is -1.99. The molecule has 0 aliphatic heterocycles. The molecule has 2 nitrogen and oxygen atoms in total. The van der Waals surface area contributed by atoms with Crippen molar-refractivity contribution in [1.29, 1.82) is 0 Å². The Kier molecular flexibility index (Phi) is 4.32. The van der Waals surface area contributed by atoms with E-state index in [-0.39, 0.29) is 0 Å². The Morgan fingerprint density at radius 2 is 1.82 bits per heavy atom. The smallest absolute Gasteiger partial charge is 0.205 e. The summed E-state index contributed by atoms with van der Waals surface area (Å²) in [5.74, 6) is 1.54. The van der Waals surface area contributed by atoms with Gasteiger partial charge in [0.25, 0.3) is 0 Å². The van der Waals surface area contributed by atoms with Gasteiger partial charge >= 0.3 is 0 Å². The SMILES string of the molecule is C[n+]1ccccc1/C=C/c1ccc(-c2ccc(Cl)c(Cl)c2)o1. The molecule has 4 heteroatoms. The molecule has 0 spiro atoms. The predicted molar refractivity (Wildman–Crippen MR) is 90.7 cm³/mol. The van der Waals surface area contributed by atoms with Crippen LogP contribution in [0.4, 0.5) is 0 Å². The second kappa shape index (κ2) is 6.39. The van der Waals surface area contributed by atoms with Crippen molar-refractivity contribution in [1.82, 2.24) is 0 Å². The number of benzene rings is 1. The number of aromatic nitrogens is 1. The van der Waals surface area contributed by atoms with Crippen molar-refractivity contribution < 1.29 is 8.98 Å². The minimum atomic E-state index is 0.518. The second-order valence-corrected chi connectivity index (χ2v) is 5.72. The van der Waals surface area contributed by atoms with Gasteiger partial charge in [0, 0.05) is 23.8 Å². The quantitative estimate of drug-likeness (QED) is 0.599. The number of rotatable bonds is 3. The lowest BCUT2D eigenvalue weighted by atomic mass is 10.2. The normalized spacial score (nSPS) is 11.2. The standard InChI is InChI=1S/C18H14Cl2NO/c1-21-11-3-2-4-14(21)6-7-15-8-10-18(22-15)13-5-9-16(19)17(20)12-13/h2-12H,1H3/q+1/b7-6+. The van der Waals surface area contributed by atoms with E-state index in [9.17, 15) is 0 Å². The molecule has 1 aromatic carbocycles. The Hall–Kier alpha value is -2.03. The van der Waals surface area contributed by atoms with Gasteiger partial charge in [-0.2, -0.15) is 0 Å². The molecule has 0 atom stereocenters. The van der Waals surface area contributed by atoms with Gasteiger partial charge in [0.05, 0.1) is 10.0 Å². The maximum atomic E-state index is 6.04. The predicted octanol–water partition coefficient (Wildman–Crippen LogP) is 5.25. The van der Waals surface area contributed by atoms with Gasteiger partial charge in [0.1, 0.15) is 18.6 Å². The summed E-state index contributed by atoms with van der Waals surface area (Å²) in [7, 11) is 2.00. The van der Waals surface area contributed by atoms with Crippen LogP contribution in [0.2, 0.25) is 10.0 Å². The Balaban J connectivity index is 1.85. The summed E-state index contributed by atoms with van der Waals surface area (Å²) in [6.07, 6.45) is 5.96. The van der Waals surface area contributed by atoms with Crippen LogP contribution in [0.1, 0.15) is 11.5 Å². The Morgan fingerprint density at radius 1 is 0.955 bits per heavy atom. The van der Waals surface area contributed by atoms with Crippen molar-refractivity contribution in [3.63, 3.8) is 0 Å². The molecule has 0 saturated heterocycles. The Bertz CT molecular complexity index is 837. The topological polar surface area (TPSA) is 17.0 Å². The molecule has 0 unspecified atom stereocenters. The Morgan fingerprint density at radius 3 is 2.59 bits per heavy atom. The molecule has 0 N–H and O–H groups in total. The highest BCUT2D eigenvalue weighted by Gasteiger charge is 2.06. The first-order valence-electron chi connectivity index (χ1n) is 6.81. The van der Waals surface area contributed by atoms with Gasteiger partial charge in [-0.25, -0.2) is 4.57 Å². The van der Waals surface area contributed by atoms with Crippen LogP contribution in [-0.4, -0.2) is 0 Å². The minimum absolute atomic E-state index is 0.518. The zero-order valence-electron chi connectivity index (χ0n) is 12.0. The van der Waals surface area contributed by atoms with Gasteiger partial charge in [0.2, 0.25) is 5.69 Å². The van der Waals surface area contributed by atoms with E-state index >= 15 is 0 Å². The fourth-order valence-corrected chi connectivity index (χ4v) is 2.42. The molecule has 0 aliphatic rings. The van der Waals surface area contributed by atoms with Crippen molar-refractivity contribution in [3.8, 4) is 11.3 Å². The summed E-state index contributed by atoms with van der Waals surface area (Å²) in [5, 5.41) is 1.05. The molecule has 0 saturated carbocycles. The molecular weight excluding hydrogens is 317 g/mol. The molecule has 0 fully saturated rings. The third kappa shape index (κ3) is 3.24. The van der Waals surface area contributed by atoms with E-state index in [1.165, 1.54) is 0 Å². The van der Waals surface area contributed by atoms with Crippen LogP contribution >= 0.6 is 23.2 Å². The highest BCUT2D eigenvalue weighted by atomic mass is 35.5. The number of furan rings is 1. The number of aryl methyl sites for hydroxylation is 1. The third-order valence-corrected chi connectivity index (χ3v) is 4.08. The maximum absolute atomic E-state index is 6.04. The van der Waals surface area contributed by atoms with E-state index in [1.807, 2.05) is 66.4 Å². The molecular formula is C18H14Cl2NO+. The molecule has 110 valence electrons. The van der Waals surface area contributed by atoms with Crippen molar-refractivity contribution in [3.05, 3.63) is 76.2 Å². The van der Waals surface area contributed by atoms with E-state index in [2.05, 4.69) is 0 Å².